The van der Waals surface area contributed by atoms with Gasteiger partial charge in [0.15, 0.2) is 0 Å². The lowest BCUT2D eigenvalue weighted by Crippen LogP contribution is -2.49. The summed E-state index contributed by atoms with van der Waals surface area (Å²) in [5.41, 5.74) is 2.40. The molecule has 0 radical (unpaired) electrons. The number of methoxy groups -OCH3 is 1. The molecule has 4 nitrogen and oxygen atoms in total. The Balaban J connectivity index is 1.50. The van der Waals surface area contributed by atoms with E-state index >= 15 is 0 Å². The van der Waals surface area contributed by atoms with E-state index in [0.29, 0.717) is 29.6 Å². The Hall–Kier alpha value is -1.32. The molecule has 174 valence electrons. The first-order chi connectivity index (χ1) is 14.7. The molecule has 0 aromatic heterocycles. The van der Waals surface area contributed by atoms with Gasteiger partial charge in [-0.15, -0.1) is 0 Å². The second-order valence-corrected chi connectivity index (χ2v) is 11.6. The number of carbonyl (C=O) groups excluding carboxylic acids is 2. The van der Waals surface area contributed by atoms with E-state index in [4.69, 9.17) is 9.47 Å². The minimum Gasteiger partial charge on any atom is -0.469 e. The molecule has 4 aliphatic carbocycles. The second-order valence-electron chi connectivity index (χ2n) is 11.6. The topological polar surface area (TPSA) is 52.6 Å². The molecule has 4 aliphatic rings. The summed E-state index contributed by atoms with van der Waals surface area (Å²) in [6.07, 6.45) is 13.8. The third-order valence-corrected chi connectivity index (χ3v) is 10.1. The number of allylic oxidation sites excluding steroid dienone is 2. The van der Waals surface area contributed by atoms with Crippen molar-refractivity contribution >= 4 is 11.9 Å². The van der Waals surface area contributed by atoms with Gasteiger partial charge in [-0.2, -0.15) is 0 Å². The monoisotopic (exact) mass is 430 g/mol. The maximum atomic E-state index is 11.7. The van der Waals surface area contributed by atoms with Crippen molar-refractivity contribution in [2.45, 2.75) is 98.0 Å². The van der Waals surface area contributed by atoms with Crippen LogP contribution in [0.15, 0.2) is 11.6 Å². The first-order valence-electron chi connectivity index (χ1n) is 12.6. The summed E-state index contributed by atoms with van der Waals surface area (Å²) in [7, 11) is 1.49. The fourth-order valence-corrected chi connectivity index (χ4v) is 8.45. The number of esters is 2. The lowest BCUT2D eigenvalue weighted by Gasteiger charge is -2.57. The molecule has 0 aromatic rings. The van der Waals surface area contributed by atoms with Crippen molar-refractivity contribution in [3.63, 3.8) is 0 Å². The second kappa shape index (κ2) is 8.56. The summed E-state index contributed by atoms with van der Waals surface area (Å²) in [6.45, 7) is 8.95. The van der Waals surface area contributed by atoms with Gasteiger partial charge in [-0.25, -0.2) is 0 Å². The van der Waals surface area contributed by atoms with Crippen LogP contribution in [0.2, 0.25) is 0 Å². The standard InChI is InChI=1S/C27H42O4/c1-17(6-11-25(29)30-5)22-9-10-23-21-8-7-19-16-20(31-18(2)28)12-14-26(19,3)24(21)13-15-27(22,23)4/h13,17,19-23H,6-12,14-16H2,1-5H3/t17-,19-,20+,21+,22-,23+,26+,27-/m1/s1. The van der Waals surface area contributed by atoms with E-state index in [0.717, 1.165) is 37.5 Å². The van der Waals surface area contributed by atoms with Crippen molar-refractivity contribution in [2.75, 3.05) is 7.11 Å². The van der Waals surface area contributed by atoms with Crippen LogP contribution in [0, 0.1) is 40.4 Å². The zero-order chi connectivity index (χ0) is 22.4. The average Bonchev–Trinajstić information content (AvgIpc) is 3.09. The zero-order valence-electron chi connectivity index (χ0n) is 20.2. The quantitative estimate of drug-likeness (QED) is 0.391. The van der Waals surface area contributed by atoms with Crippen molar-refractivity contribution in [3.05, 3.63) is 11.6 Å². The van der Waals surface area contributed by atoms with Crippen molar-refractivity contribution in [2.24, 2.45) is 40.4 Å². The summed E-state index contributed by atoms with van der Waals surface area (Å²) in [5, 5.41) is 0. The first-order valence-corrected chi connectivity index (χ1v) is 12.6. The molecule has 0 bridgehead atoms. The number of hydrogen-bond acceptors (Lipinski definition) is 4. The Morgan fingerprint density at radius 1 is 1.16 bits per heavy atom. The Labute approximate surface area is 188 Å². The minimum atomic E-state index is -0.131. The van der Waals surface area contributed by atoms with Gasteiger partial charge >= 0.3 is 11.9 Å². The Morgan fingerprint density at radius 3 is 2.65 bits per heavy atom. The van der Waals surface area contributed by atoms with Gasteiger partial charge in [-0.05, 0) is 98.2 Å². The van der Waals surface area contributed by atoms with Gasteiger partial charge in [0.05, 0.1) is 7.11 Å². The highest BCUT2D eigenvalue weighted by Gasteiger charge is 2.57. The van der Waals surface area contributed by atoms with Crippen LogP contribution in [0.3, 0.4) is 0 Å². The van der Waals surface area contributed by atoms with Crippen molar-refractivity contribution in [3.8, 4) is 0 Å². The van der Waals surface area contributed by atoms with E-state index in [9.17, 15) is 9.59 Å². The predicted octanol–water partition coefficient (Wildman–Crippen LogP) is 6.09. The average molecular weight is 431 g/mol. The van der Waals surface area contributed by atoms with Crippen molar-refractivity contribution < 1.29 is 19.1 Å². The summed E-state index contributed by atoms with van der Waals surface area (Å²) in [5.74, 6) is 3.21. The third-order valence-electron chi connectivity index (χ3n) is 10.1. The highest BCUT2D eigenvalue weighted by molar-refractivity contribution is 5.69. The van der Waals surface area contributed by atoms with E-state index in [1.54, 1.807) is 5.57 Å². The SMILES string of the molecule is COC(=O)CC[C@@H](C)[C@H]1CC[C@H]2[C@@H]3CC[C@@H]4C[C@@H](OC(C)=O)CC[C@]4(C)C3=CC[C@]12C. The molecule has 0 heterocycles. The lowest BCUT2D eigenvalue weighted by atomic mass is 9.48. The molecule has 0 N–H and O–H groups in total. The lowest BCUT2D eigenvalue weighted by molar-refractivity contribution is -0.151. The maximum absolute atomic E-state index is 11.7. The molecule has 3 saturated carbocycles. The molecule has 8 atom stereocenters. The summed E-state index contributed by atoms with van der Waals surface area (Å²) in [4.78, 5) is 23.1. The van der Waals surface area contributed by atoms with Gasteiger partial charge in [0, 0.05) is 13.3 Å². The van der Waals surface area contributed by atoms with E-state index in [-0.39, 0.29) is 23.5 Å². The van der Waals surface area contributed by atoms with Crippen LogP contribution in [0.1, 0.15) is 91.9 Å². The van der Waals surface area contributed by atoms with Gasteiger partial charge in [0.2, 0.25) is 0 Å². The first kappa shape index (κ1) is 22.9. The molecular formula is C27H42O4. The maximum Gasteiger partial charge on any atom is 0.305 e. The predicted molar refractivity (Wildman–Crippen MR) is 121 cm³/mol. The van der Waals surface area contributed by atoms with Crippen LogP contribution in [0.25, 0.3) is 0 Å². The fourth-order valence-electron chi connectivity index (χ4n) is 8.45. The number of hydrogen-bond donors (Lipinski definition) is 0. The Morgan fingerprint density at radius 2 is 1.94 bits per heavy atom. The summed E-state index contributed by atoms with van der Waals surface area (Å²) < 4.78 is 10.5. The highest BCUT2D eigenvalue weighted by Crippen LogP contribution is 2.66. The third kappa shape index (κ3) is 3.97. The number of fused-ring (bicyclic) bond motifs is 5. The summed E-state index contributed by atoms with van der Waals surface area (Å²) in [6, 6.07) is 0. The molecule has 0 unspecified atom stereocenters. The van der Waals surface area contributed by atoms with Crippen LogP contribution in [-0.4, -0.2) is 25.2 Å². The zero-order valence-corrected chi connectivity index (χ0v) is 20.2. The number of ether oxygens (including phenoxy) is 2. The fraction of sp³-hybridized carbons (Fsp3) is 0.852. The van der Waals surface area contributed by atoms with Gasteiger partial charge < -0.3 is 9.47 Å². The van der Waals surface area contributed by atoms with Gasteiger partial charge in [-0.3, -0.25) is 9.59 Å². The minimum absolute atomic E-state index is 0.0759. The molecule has 0 saturated heterocycles. The van der Waals surface area contributed by atoms with Gasteiger partial charge in [-0.1, -0.05) is 32.4 Å². The van der Waals surface area contributed by atoms with E-state index in [2.05, 4.69) is 26.8 Å². The van der Waals surface area contributed by atoms with E-state index in [1.165, 1.54) is 46.1 Å². The number of carbonyl (C=O) groups is 2. The molecule has 31 heavy (non-hydrogen) atoms. The van der Waals surface area contributed by atoms with E-state index < -0.39 is 0 Å². The molecule has 4 rings (SSSR count). The molecule has 3 fully saturated rings. The summed E-state index contributed by atoms with van der Waals surface area (Å²) >= 11 is 0. The largest absolute Gasteiger partial charge is 0.469 e. The van der Waals surface area contributed by atoms with Crippen molar-refractivity contribution in [1.29, 1.82) is 0 Å². The van der Waals surface area contributed by atoms with Crippen LogP contribution in [-0.2, 0) is 19.1 Å². The normalized spacial score (nSPS) is 42.5. The molecule has 4 heteroatoms. The van der Waals surface area contributed by atoms with E-state index in [1.807, 2.05) is 0 Å². The van der Waals surface area contributed by atoms with Crippen LogP contribution in [0.5, 0.6) is 0 Å². The van der Waals surface area contributed by atoms with Gasteiger partial charge in [0.25, 0.3) is 0 Å². The Bertz CT molecular complexity index is 742. The van der Waals surface area contributed by atoms with Crippen LogP contribution >= 0.6 is 0 Å². The van der Waals surface area contributed by atoms with Crippen LogP contribution in [0.4, 0.5) is 0 Å². The molecule has 0 aromatic carbocycles. The molecule has 0 spiro atoms. The highest BCUT2D eigenvalue weighted by atomic mass is 16.5. The van der Waals surface area contributed by atoms with Crippen molar-refractivity contribution in [1.82, 2.24) is 0 Å². The molecular weight excluding hydrogens is 388 g/mol. The van der Waals surface area contributed by atoms with Crippen LogP contribution < -0.4 is 0 Å². The van der Waals surface area contributed by atoms with Gasteiger partial charge in [0.1, 0.15) is 6.10 Å². The Kier molecular flexibility index (Phi) is 6.31. The smallest absolute Gasteiger partial charge is 0.305 e. The number of rotatable bonds is 5. The molecule has 0 amide bonds. The molecule has 0 aliphatic heterocycles.